The Balaban J connectivity index is 2.76. The third-order valence-electron chi connectivity index (χ3n) is 7.04. The Labute approximate surface area is 200 Å². The molecule has 0 atom stereocenters. The molecular formula is C26H32O8. The zero-order valence-electron chi connectivity index (χ0n) is 21.1. The van der Waals surface area contributed by atoms with Gasteiger partial charge in [-0.15, -0.1) is 11.8 Å². The van der Waals surface area contributed by atoms with Crippen molar-refractivity contribution >= 4 is 23.9 Å². The number of hydrogen-bond donors (Lipinski definition) is 0. The molecule has 1 aromatic carbocycles. The van der Waals surface area contributed by atoms with Gasteiger partial charge in [0.1, 0.15) is 0 Å². The topological polar surface area (TPSA) is 105 Å². The predicted octanol–water partition coefficient (Wildman–Crippen LogP) is 2.33. The maximum Gasteiger partial charge on any atom is 0.324 e. The summed E-state index contributed by atoms with van der Waals surface area (Å²) in [5.74, 6) is 2.76. The number of carbonyl (C=O) groups excluding carboxylic acids is 4. The third-order valence-corrected chi connectivity index (χ3v) is 7.04. The van der Waals surface area contributed by atoms with Crippen LogP contribution in [0.4, 0.5) is 0 Å². The van der Waals surface area contributed by atoms with Crippen LogP contribution < -0.4 is 0 Å². The largest absolute Gasteiger partial charge is 0.468 e. The summed E-state index contributed by atoms with van der Waals surface area (Å²) < 4.78 is 20.0. The van der Waals surface area contributed by atoms with Crippen LogP contribution in [0.15, 0.2) is 0 Å². The van der Waals surface area contributed by atoms with Gasteiger partial charge in [-0.3, -0.25) is 19.2 Å². The van der Waals surface area contributed by atoms with Crippen LogP contribution in [0.3, 0.4) is 0 Å². The maximum absolute atomic E-state index is 12.9. The highest BCUT2D eigenvalue weighted by atomic mass is 16.6. The van der Waals surface area contributed by atoms with Gasteiger partial charge in [0, 0.05) is 25.7 Å². The van der Waals surface area contributed by atoms with Crippen molar-refractivity contribution in [2.24, 2.45) is 10.8 Å². The normalized spacial score (nSPS) is 13.8. The lowest BCUT2D eigenvalue weighted by Gasteiger charge is -2.29. The standard InChI is InChI=1S/C26H32O8/c1-9-10-11-25(21(27)31-5,22(28)32-6)12-18-15(2)16(3)19-13-26(23(29)33-7,24(30)34-8)14-20(19)17(18)4/h11-14H2,1-8H3. The van der Waals surface area contributed by atoms with Crippen LogP contribution in [-0.4, -0.2) is 52.3 Å². The van der Waals surface area contributed by atoms with Crippen LogP contribution in [0, 0.1) is 43.4 Å². The molecule has 0 spiro atoms. The van der Waals surface area contributed by atoms with Crippen molar-refractivity contribution in [3.05, 3.63) is 33.4 Å². The summed E-state index contributed by atoms with van der Waals surface area (Å²) in [6, 6.07) is 0. The molecule has 1 aromatic rings. The lowest BCUT2D eigenvalue weighted by molar-refractivity contribution is -0.170. The van der Waals surface area contributed by atoms with Gasteiger partial charge in [0.15, 0.2) is 10.8 Å². The van der Waals surface area contributed by atoms with Crippen LogP contribution in [0.25, 0.3) is 0 Å². The molecule has 0 radical (unpaired) electrons. The van der Waals surface area contributed by atoms with Gasteiger partial charge in [-0.1, -0.05) is 0 Å². The molecule has 0 saturated carbocycles. The second kappa shape index (κ2) is 10.3. The molecule has 0 unspecified atom stereocenters. The number of esters is 4. The summed E-state index contributed by atoms with van der Waals surface area (Å²) in [6.07, 6.45) is 0.165. The van der Waals surface area contributed by atoms with Gasteiger partial charge in [-0.05, 0) is 61.1 Å². The Morgan fingerprint density at radius 1 is 0.794 bits per heavy atom. The van der Waals surface area contributed by atoms with E-state index in [0.717, 1.165) is 33.4 Å². The number of carbonyl (C=O) groups is 4. The van der Waals surface area contributed by atoms with E-state index in [1.54, 1.807) is 6.92 Å². The van der Waals surface area contributed by atoms with E-state index >= 15 is 0 Å². The molecule has 0 aromatic heterocycles. The fourth-order valence-electron chi connectivity index (χ4n) is 4.91. The van der Waals surface area contributed by atoms with Crippen molar-refractivity contribution < 1.29 is 38.1 Å². The Morgan fingerprint density at radius 2 is 1.26 bits per heavy atom. The van der Waals surface area contributed by atoms with Gasteiger partial charge in [-0.2, -0.15) is 0 Å². The number of benzene rings is 1. The number of hydrogen-bond acceptors (Lipinski definition) is 8. The van der Waals surface area contributed by atoms with Crippen molar-refractivity contribution in [1.29, 1.82) is 0 Å². The summed E-state index contributed by atoms with van der Waals surface area (Å²) in [5, 5.41) is 0. The SMILES string of the molecule is CC#CCC(Cc1c(C)c(C)c2c(c1C)CC(C(=O)OC)(C(=O)OC)C2)(C(=O)OC)C(=O)OC. The van der Waals surface area contributed by atoms with Crippen LogP contribution >= 0.6 is 0 Å². The van der Waals surface area contributed by atoms with E-state index in [1.807, 2.05) is 20.8 Å². The first-order chi connectivity index (χ1) is 16.0. The highest BCUT2D eigenvalue weighted by Crippen LogP contribution is 2.45. The molecule has 8 nitrogen and oxygen atoms in total. The van der Waals surface area contributed by atoms with Crippen molar-refractivity contribution in [3.8, 4) is 11.8 Å². The Hall–Kier alpha value is -3.34. The van der Waals surface area contributed by atoms with E-state index in [0.29, 0.717) is 0 Å². The molecule has 0 amide bonds. The fraction of sp³-hybridized carbons (Fsp3) is 0.538. The molecule has 0 aliphatic heterocycles. The second-order valence-electron chi connectivity index (χ2n) is 8.58. The van der Waals surface area contributed by atoms with Crippen molar-refractivity contribution in [3.63, 3.8) is 0 Å². The minimum atomic E-state index is -1.66. The van der Waals surface area contributed by atoms with Crippen LogP contribution in [0.5, 0.6) is 0 Å². The molecule has 1 aliphatic carbocycles. The summed E-state index contributed by atoms with van der Waals surface area (Å²) >= 11 is 0. The zero-order chi connectivity index (χ0) is 25.8. The molecule has 34 heavy (non-hydrogen) atoms. The van der Waals surface area contributed by atoms with Gasteiger partial charge in [0.2, 0.25) is 0 Å². The Morgan fingerprint density at radius 3 is 1.68 bits per heavy atom. The highest BCUT2D eigenvalue weighted by molar-refractivity contribution is 6.02. The molecule has 8 heteroatoms. The fourth-order valence-corrected chi connectivity index (χ4v) is 4.91. The monoisotopic (exact) mass is 472 g/mol. The van der Waals surface area contributed by atoms with E-state index in [-0.39, 0.29) is 25.7 Å². The molecule has 1 aliphatic rings. The zero-order valence-corrected chi connectivity index (χ0v) is 21.1. The van der Waals surface area contributed by atoms with E-state index in [2.05, 4.69) is 11.8 Å². The maximum atomic E-state index is 12.9. The quantitative estimate of drug-likeness (QED) is 0.258. The molecule has 0 saturated heterocycles. The van der Waals surface area contributed by atoms with E-state index < -0.39 is 34.7 Å². The molecule has 0 N–H and O–H groups in total. The average Bonchev–Trinajstić information content (AvgIpc) is 3.27. The van der Waals surface area contributed by atoms with E-state index in [9.17, 15) is 19.2 Å². The lowest BCUT2D eigenvalue weighted by Crippen LogP contribution is -2.43. The minimum Gasteiger partial charge on any atom is -0.468 e. The minimum absolute atomic E-state index is 0.00371. The first kappa shape index (κ1) is 26.9. The van der Waals surface area contributed by atoms with Crippen LogP contribution in [0.1, 0.15) is 46.7 Å². The Kier molecular flexibility index (Phi) is 8.14. The number of ether oxygens (including phenoxy) is 4. The first-order valence-electron chi connectivity index (χ1n) is 10.8. The molecule has 2 rings (SSSR count). The van der Waals surface area contributed by atoms with Gasteiger partial charge >= 0.3 is 23.9 Å². The van der Waals surface area contributed by atoms with Crippen LogP contribution in [0.2, 0.25) is 0 Å². The predicted molar refractivity (Wildman–Crippen MR) is 123 cm³/mol. The second-order valence-corrected chi connectivity index (χ2v) is 8.58. The molecular weight excluding hydrogens is 440 g/mol. The summed E-state index contributed by atoms with van der Waals surface area (Å²) in [5.41, 5.74) is 1.78. The lowest BCUT2D eigenvalue weighted by atomic mass is 9.75. The average molecular weight is 473 g/mol. The van der Waals surface area contributed by atoms with Gasteiger partial charge in [0.05, 0.1) is 28.4 Å². The number of methoxy groups -OCH3 is 4. The molecule has 0 bridgehead atoms. The number of rotatable bonds is 7. The van der Waals surface area contributed by atoms with Gasteiger partial charge in [0.25, 0.3) is 0 Å². The Bertz CT molecular complexity index is 1050. The van der Waals surface area contributed by atoms with Crippen molar-refractivity contribution in [1.82, 2.24) is 0 Å². The molecule has 184 valence electrons. The molecule has 0 heterocycles. The highest BCUT2D eigenvalue weighted by Gasteiger charge is 2.54. The van der Waals surface area contributed by atoms with E-state index in [1.165, 1.54) is 28.4 Å². The van der Waals surface area contributed by atoms with Crippen molar-refractivity contribution in [2.75, 3.05) is 28.4 Å². The van der Waals surface area contributed by atoms with E-state index in [4.69, 9.17) is 18.9 Å². The first-order valence-corrected chi connectivity index (χ1v) is 10.8. The molecule has 0 fully saturated rings. The summed E-state index contributed by atoms with van der Waals surface area (Å²) in [6.45, 7) is 7.26. The van der Waals surface area contributed by atoms with Gasteiger partial charge < -0.3 is 18.9 Å². The smallest absolute Gasteiger partial charge is 0.324 e. The van der Waals surface area contributed by atoms with Crippen molar-refractivity contribution in [2.45, 2.75) is 53.4 Å². The summed E-state index contributed by atoms with van der Waals surface area (Å²) in [4.78, 5) is 51.3. The third kappa shape index (κ3) is 4.15. The number of fused-ring (bicyclic) bond motifs is 1. The van der Waals surface area contributed by atoms with Gasteiger partial charge in [-0.25, -0.2) is 0 Å². The summed E-state index contributed by atoms with van der Waals surface area (Å²) in [7, 11) is 4.91. The van der Waals surface area contributed by atoms with Crippen LogP contribution in [-0.2, 0) is 57.4 Å².